The van der Waals surface area contributed by atoms with E-state index in [0.29, 0.717) is 0 Å². The summed E-state index contributed by atoms with van der Waals surface area (Å²) in [7, 11) is 0. The Labute approximate surface area is 142 Å². The molecule has 0 bridgehead atoms. The molecule has 0 aromatic heterocycles. The van der Waals surface area contributed by atoms with Crippen LogP contribution in [0.15, 0.2) is 96.4 Å². The molecule has 0 atom stereocenters. The Bertz CT molecular complexity index is 772. The second-order valence-electron chi connectivity index (χ2n) is 5.12. The van der Waals surface area contributed by atoms with Gasteiger partial charge in [0, 0.05) is 4.91 Å². The first-order valence-corrected chi connectivity index (χ1v) is 8.50. The molecule has 0 aliphatic carbocycles. The molecule has 3 aromatic carbocycles. The van der Waals surface area contributed by atoms with Gasteiger partial charge in [0.15, 0.2) is 0 Å². The van der Waals surface area contributed by atoms with E-state index in [-0.39, 0.29) is 0 Å². The minimum Gasteiger partial charge on any atom is -0.0974 e. The van der Waals surface area contributed by atoms with Crippen LogP contribution in [0.25, 0.3) is 17.1 Å². The largest absolute Gasteiger partial charge is 0.0974 e. The third-order valence-corrected chi connectivity index (χ3v) is 4.29. The monoisotopic (exact) mass is 314 g/mol. The van der Waals surface area contributed by atoms with Gasteiger partial charge in [0.2, 0.25) is 0 Å². The molecule has 112 valence electrons. The molecule has 3 rings (SSSR count). The van der Waals surface area contributed by atoms with Crippen LogP contribution in [-0.2, 0) is 0 Å². The van der Waals surface area contributed by atoms with Gasteiger partial charge in [-0.15, -0.1) is 0 Å². The van der Waals surface area contributed by atoms with Gasteiger partial charge in [0.05, 0.1) is 0 Å². The van der Waals surface area contributed by atoms with Gasteiger partial charge in [-0.2, -0.15) is 0 Å². The topological polar surface area (TPSA) is 0 Å². The lowest BCUT2D eigenvalue weighted by molar-refractivity contribution is 1.64. The van der Waals surface area contributed by atoms with E-state index in [1.54, 1.807) is 11.8 Å². The molecule has 0 radical (unpaired) electrons. The van der Waals surface area contributed by atoms with Gasteiger partial charge in [0.1, 0.15) is 0 Å². The van der Waals surface area contributed by atoms with Crippen LogP contribution in [-0.4, -0.2) is 0 Å². The summed E-state index contributed by atoms with van der Waals surface area (Å²) in [5.41, 5.74) is 3.66. The molecule has 0 N–H and O–H groups in total. The number of hydrogen-bond donors (Lipinski definition) is 0. The number of benzene rings is 3. The third-order valence-electron chi connectivity index (χ3n) is 3.41. The molecule has 0 unspecified atom stereocenters. The maximum atomic E-state index is 2.23. The fourth-order valence-corrected chi connectivity index (χ4v) is 3.09. The number of hydrogen-bond acceptors (Lipinski definition) is 1. The van der Waals surface area contributed by atoms with E-state index in [1.165, 1.54) is 21.6 Å². The first kappa shape index (κ1) is 15.4. The standard InChI is InChI=1S/C22H18S/c1-4-10-19(11-5-1)16-17-23-22(21-14-8-3-9-15-21)18-20-12-6-2-7-13-20/h1-18H/b17-16+,22-18+. The molecule has 23 heavy (non-hydrogen) atoms. The summed E-state index contributed by atoms with van der Waals surface area (Å²) < 4.78 is 0. The molecule has 3 aromatic rings. The molecular weight excluding hydrogens is 296 g/mol. The zero-order valence-corrected chi connectivity index (χ0v) is 13.6. The lowest BCUT2D eigenvalue weighted by Crippen LogP contribution is -1.79. The lowest BCUT2D eigenvalue weighted by Gasteiger charge is -2.05. The van der Waals surface area contributed by atoms with E-state index in [0.717, 1.165) is 0 Å². The van der Waals surface area contributed by atoms with Crippen molar-refractivity contribution in [2.24, 2.45) is 0 Å². The van der Waals surface area contributed by atoms with Crippen molar-refractivity contribution < 1.29 is 0 Å². The third kappa shape index (κ3) is 4.73. The molecular formula is C22H18S. The molecule has 0 amide bonds. The molecule has 1 heteroatoms. The van der Waals surface area contributed by atoms with Crippen molar-refractivity contribution in [3.63, 3.8) is 0 Å². The Morgan fingerprint density at radius 1 is 0.609 bits per heavy atom. The normalized spacial score (nSPS) is 11.7. The highest BCUT2D eigenvalue weighted by Crippen LogP contribution is 2.31. The van der Waals surface area contributed by atoms with Crippen LogP contribution in [0.2, 0.25) is 0 Å². The van der Waals surface area contributed by atoms with Crippen molar-refractivity contribution >= 4 is 28.8 Å². The average molecular weight is 314 g/mol. The van der Waals surface area contributed by atoms with E-state index in [9.17, 15) is 0 Å². The van der Waals surface area contributed by atoms with Crippen LogP contribution < -0.4 is 0 Å². The van der Waals surface area contributed by atoms with Gasteiger partial charge in [-0.1, -0.05) is 103 Å². The summed E-state index contributed by atoms with van der Waals surface area (Å²) in [6, 6.07) is 31.3. The number of thioether (sulfide) groups is 1. The molecule has 0 saturated carbocycles. The number of rotatable bonds is 5. The SMILES string of the molecule is C(=C\c1ccccc1)/S/C(=C/c1ccccc1)c1ccccc1. The molecule has 0 heterocycles. The maximum Gasteiger partial charge on any atom is 0.0194 e. The van der Waals surface area contributed by atoms with Crippen molar-refractivity contribution in [1.82, 2.24) is 0 Å². The van der Waals surface area contributed by atoms with Gasteiger partial charge >= 0.3 is 0 Å². The highest BCUT2D eigenvalue weighted by molar-refractivity contribution is 8.11. The van der Waals surface area contributed by atoms with Crippen LogP contribution in [0.3, 0.4) is 0 Å². The quantitative estimate of drug-likeness (QED) is 0.479. The van der Waals surface area contributed by atoms with Crippen LogP contribution >= 0.6 is 11.8 Å². The molecule has 0 aliphatic heterocycles. The molecule has 0 fully saturated rings. The second-order valence-corrected chi connectivity index (χ2v) is 6.06. The predicted octanol–water partition coefficient (Wildman–Crippen LogP) is 6.59. The Kier molecular flexibility index (Phi) is 5.49. The van der Waals surface area contributed by atoms with E-state index in [4.69, 9.17) is 0 Å². The average Bonchev–Trinajstić information content (AvgIpc) is 2.63. The van der Waals surface area contributed by atoms with Crippen molar-refractivity contribution in [3.05, 3.63) is 113 Å². The highest BCUT2D eigenvalue weighted by atomic mass is 32.2. The Hall–Kier alpha value is -2.51. The van der Waals surface area contributed by atoms with Gasteiger partial charge in [-0.05, 0) is 34.3 Å². The van der Waals surface area contributed by atoms with Crippen LogP contribution in [0.5, 0.6) is 0 Å². The van der Waals surface area contributed by atoms with Gasteiger partial charge in [0.25, 0.3) is 0 Å². The predicted molar refractivity (Wildman–Crippen MR) is 104 cm³/mol. The van der Waals surface area contributed by atoms with Crippen molar-refractivity contribution in [3.8, 4) is 0 Å². The molecule has 0 spiro atoms. The fraction of sp³-hybridized carbons (Fsp3) is 0. The van der Waals surface area contributed by atoms with Gasteiger partial charge in [-0.3, -0.25) is 0 Å². The summed E-state index contributed by atoms with van der Waals surface area (Å²) in [6.45, 7) is 0. The Balaban J connectivity index is 1.84. The zero-order chi connectivity index (χ0) is 15.7. The minimum atomic E-state index is 1.21. The Morgan fingerprint density at radius 3 is 1.74 bits per heavy atom. The lowest BCUT2D eigenvalue weighted by atomic mass is 10.1. The van der Waals surface area contributed by atoms with Gasteiger partial charge in [-0.25, -0.2) is 0 Å². The van der Waals surface area contributed by atoms with Crippen molar-refractivity contribution in [2.45, 2.75) is 0 Å². The zero-order valence-electron chi connectivity index (χ0n) is 12.8. The van der Waals surface area contributed by atoms with E-state index < -0.39 is 0 Å². The first-order valence-electron chi connectivity index (χ1n) is 7.62. The second kappa shape index (κ2) is 8.21. The smallest absolute Gasteiger partial charge is 0.0194 e. The van der Waals surface area contributed by atoms with Crippen LogP contribution in [0, 0.1) is 0 Å². The van der Waals surface area contributed by atoms with E-state index in [2.05, 4.69) is 90.4 Å². The summed E-state index contributed by atoms with van der Waals surface area (Å²) >= 11 is 1.74. The molecule has 0 aliphatic rings. The highest BCUT2D eigenvalue weighted by Gasteiger charge is 2.00. The van der Waals surface area contributed by atoms with Crippen LogP contribution in [0.4, 0.5) is 0 Å². The summed E-state index contributed by atoms with van der Waals surface area (Å²) in [6.07, 6.45) is 4.38. The van der Waals surface area contributed by atoms with E-state index >= 15 is 0 Å². The maximum absolute atomic E-state index is 2.23. The Morgan fingerprint density at radius 2 is 1.13 bits per heavy atom. The van der Waals surface area contributed by atoms with E-state index in [1.807, 2.05) is 18.2 Å². The minimum absolute atomic E-state index is 1.21. The van der Waals surface area contributed by atoms with Crippen LogP contribution in [0.1, 0.15) is 16.7 Å². The fourth-order valence-electron chi connectivity index (χ4n) is 2.24. The first-order chi connectivity index (χ1) is 11.4. The molecule has 0 nitrogen and oxygen atoms in total. The van der Waals surface area contributed by atoms with Crippen molar-refractivity contribution in [2.75, 3.05) is 0 Å². The molecule has 0 saturated heterocycles. The van der Waals surface area contributed by atoms with Gasteiger partial charge < -0.3 is 0 Å². The summed E-state index contributed by atoms with van der Waals surface area (Å²) in [5.74, 6) is 0. The summed E-state index contributed by atoms with van der Waals surface area (Å²) in [5, 5.41) is 2.15. The summed E-state index contributed by atoms with van der Waals surface area (Å²) in [4.78, 5) is 1.24. The van der Waals surface area contributed by atoms with Crippen molar-refractivity contribution in [1.29, 1.82) is 0 Å².